The van der Waals surface area contributed by atoms with E-state index in [4.69, 9.17) is 9.26 Å². The summed E-state index contributed by atoms with van der Waals surface area (Å²) >= 11 is 0. The minimum atomic E-state index is 0.131. The number of hydrogen-bond acceptors (Lipinski definition) is 6. The third-order valence-corrected chi connectivity index (χ3v) is 4.24. The molecular weight excluding hydrogens is 292 g/mol. The molecular formula is C17H18N4O2. The van der Waals surface area contributed by atoms with Gasteiger partial charge < -0.3 is 19.5 Å². The highest BCUT2D eigenvalue weighted by atomic mass is 16.5. The second kappa shape index (κ2) is 5.89. The lowest BCUT2D eigenvalue weighted by Gasteiger charge is -2.34. The summed E-state index contributed by atoms with van der Waals surface area (Å²) < 4.78 is 10.7. The van der Waals surface area contributed by atoms with Crippen LogP contribution in [-0.4, -0.2) is 36.9 Å². The van der Waals surface area contributed by atoms with Crippen LogP contribution in [0, 0.1) is 0 Å². The predicted octanol–water partition coefficient (Wildman–Crippen LogP) is 2.38. The molecule has 6 nitrogen and oxygen atoms in total. The molecule has 0 saturated carbocycles. The number of fused-ring (bicyclic) bond motifs is 1. The number of benzene rings is 1. The van der Waals surface area contributed by atoms with Crippen LogP contribution in [0.5, 0.6) is 5.75 Å². The van der Waals surface area contributed by atoms with E-state index in [1.165, 1.54) is 5.69 Å². The summed E-state index contributed by atoms with van der Waals surface area (Å²) in [5.41, 5.74) is 2.88. The molecule has 1 unspecified atom stereocenters. The van der Waals surface area contributed by atoms with Crippen LogP contribution >= 0.6 is 0 Å². The highest BCUT2D eigenvalue weighted by Crippen LogP contribution is 2.29. The average molecular weight is 310 g/mol. The summed E-state index contributed by atoms with van der Waals surface area (Å²) in [5, 5.41) is 8.85. The van der Waals surface area contributed by atoms with Crippen LogP contribution in [0.25, 0.3) is 11.0 Å². The van der Waals surface area contributed by atoms with Crippen LogP contribution in [0.4, 0.5) is 5.69 Å². The van der Waals surface area contributed by atoms with Crippen LogP contribution in [0.1, 0.15) is 11.7 Å². The first-order chi connectivity index (χ1) is 11.3. The maximum Gasteiger partial charge on any atom is 0.170 e. The molecule has 0 aliphatic carbocycles. The summed E-state index contributed by atoms with van der Waals surface area (Å²) in [6.07, 6.45) is 3.65. The Bertz CT molecular complexity index is 803. The fourth-order valence-corrected chi connectivity index (χ4v) is 3.04. The van der Waals surface area contributed by atoms with Crippen LogP contribution in [0.2, 0.25) is 0 Å². The van der Waals surface area contributed by atoms with Gasteiger partial charge in [-0.25, -0.2) is 0 Å². The van der Waals surface area contributed by atoms with Crippen LogP contribution in [-0.2, 0) is 0 Å². The fourth-order valence-electron chi connectivity index (χ4n) is 3.04. The van der Waals surface area contributed by atoms with Gasteiger partial charge in [-0.15, -0.1) is 0 Å². The lowest BCUT2D eigenvalue weighted by molar-refractivity contribution is 0.400. The Kier molecular flexibility index (Phi) is 3.59. The topological polar surface area (TPSA) is 63.4 Å². The van der Waals surface area contributed by atoms with Crippen molar-refractivity contribution in [2.24, 2.45) is 0 Å². The maximum atomic E-state index is 5.49. The number of hydrogen-bond donors (Lipinski definition) is 1. The van der Waals surface area contributed by atoms with Crippen molar-refractivity contribution < 1.29 is 9.26 Å². The van der Waals surface area contributed by atoms with Gasteiger partial charge >= 0.3 is 0 Å². The van der Waals surface area contributed by atoms with Crippen molar-refractivity contribution in [3.8, 4) is 5.75 Å². The molecule has 23 heavy (non-hydrogen) atoms. The molecule has 1 fully saturated rings. The van der Waals surface area contributed by atoms with Crippen LogP contribution in [0.3, 0.4) is 0 Å². The Morgan fingerprint density at radius 1 is 1.26 bits per heavy atom. The first kappa shape index (κ1) is 14.0. The molecule has 1 saturated heterocycles. The minimum Gasteiger partial charge on any atom is -0.497 e. The lowest BCUT2D eigenvalue weighted by atomic mass is 10.1. The average Bonchev–Trinajstić information content (AvgIpc) is 3.05. The molecule has 2 aromatic heterocycles. The number of aromatic nitrogens is 2. The molecule has 0 bridgehead atoms. The van der Waals surface area contributed by atoms with Gasteiger partial charge in [0.15, 0.2) is 5.58 Å². The van der Waals surface area contributed by atoms with Crippen molar-refractivity contribution in [1.82, 2.24) is 15.5 Å². The van der Waals surface area contributed by atoms with E-state index in [0.717, 1.165) is 42.0 Å². The normalized spacial score (nSPS) is 18.3. The minimum absolute atomic E-state index is 0.131. The van der Waals surface area contributed by atoms with Crippen molar-refractivity contribution in [2.45, 2.75) is 6.04 Å². The zero-order chi connectivity index (χ0) is 15.6. The second-order valence-electron chi connectivity index (χ2n) is 5.59. The fraction of sp³-hybridized carbons (Fsp3) is 0.294. The first-order valence-electron chi connectivity index (χ1n) is 7.67. The maximum absolute atomic E-state index is 5.49. The third-order valence-electron chi connectivity index (χ3n) is 4.24. The quantitative estimate of drug-likeness (QED) is 0.801. The molecule has 6 heteroatoms. The molecule has 1 atom stereocenters. The molecule has 0 spiro atoms. The van der Waals surface area contributed by atoms with Gasteiger partial charge in [0, 0.05) is 49.2 Å². The summed E-state index contributed by atoms with van der Waals surface area (Å²) in [6.45, 7) is 2.71. The molecule has 1 N–H and O–H groups in total. The second-order valence-corrected chi connectivity index (χ2v) is 5.59. The lowest BCUT2D eigenvalue weighted by Crippen LogP contribution is -2.46. The number of pyridine rings is 1. The number of ether oxygens (including phenoxy) is 1. The van der Waals surface area contributed by atoms with Gasteiger partial charge in [-0.1, -0.05) is 5.16 Å². The van der Waals surface area contributed by atoms with Crippen molar-refractivity contribution in [3.05, 3.63) is 48.4 Å². The monoisotopic (exact) mass is 310 g/mol. The molecule has 3 aromatic rings. The molecule has 118 valence electrons. The summed E-state index contributed by atoms with van der Waals surface area (Å²) in [5.74, 6) is 0.773. The number of anilines is 1. The Balaban J connectivity index is 1.62. The Morgan fingerprint density at radius 2 is 2.13 bits per heavy atom. The van der Waals surface area contributed by atoms with Gasteiger partial charge in [0.25, 0.3) is 0 Å². The predicted molar refractivity (Wildman–Crippen MR) is 87.8 cm³/mol. The Hall–Kier alpha value is -2.60. The first-order valence-corrected chi connectivity index (χ1v) is 7.67. The van der Waals surface area contributed by atoms with Crippen molar-refractivity contribution in [1.29, 1.82) is 0 Å². The molecule has 1 aliphatic heterocycles. The molecule has 1 aromatic carbocycles. The zero-order valence-electron chi connectivity index (χ0n) is 12.9. The SMILES string of the molecule is COc1ccc2c(C3CN(c4ccncc4)CCN3)noc2c1. The van der Waals surface area contributed by atoms with E-state index in [1.807, 2.05) is 42.7 Å². The van der Waals surface area contributed by atoms with E-state index in [1.54, 1.807) is 7.11 Å². The van der Waals surface area contributed by atoms with E-state index in [0.29, 0.717) is 0 Å². The number of piperazine rings is 1. The van der Waals surface area contributed by atoms with Crippen molar-refractivity contribution in [2.75, 3.05) is 31.6 Å². The zero-order valence-corrected chi connectivity index (χ0v) is 12.9. The van der Waals surface area contributed by atoms with E-state index in [9.17, 15) is 0 Å². The van der Waals surface area contributed by atoms with E-state index in [-0.39, 0.29) is 6.04 Å². The number of nitrogens with one attached hydrogen (secondary N) is 1. The van der Waals surface area contributed by atoms with E-state index < -0.39 is 0 Å². The number of methoxy groups -OCH3 is 1. The Labute approximate surface area is 134 Å². The standard InChI is InChI=1S/C17H18N4O2/c1-22-13-2-3-14-16(10-13)23-20-17(14)15-11-21(9-8-19-15)12-4-6-18-7-5-12/h2-7,10,15,19H,8-9,11H2,1H3. The third kappa shape index (κ3) is 2.61. The molecule has 4 rings (SSSR count). The van der Waals surface area contributed by atoms with Crippen LogP contribution < -0.4 is 15.0 Å². The van der Waals surface area contributed by atoms with Gasteiger partial charge in [-0.3, -0.25) is 4.98 Å². The van der Waals surface area contributed by atoms with Crippen molar-refractivity contribution >= 4 is 16.7 Å². The van der Waals surface area contributed by atoms with Crippen LogP contribution in [0.15, 0.2) is 47.2 Å². The highest BCUT2D eigenvalue weighted by molar-refractivity contribution is 5.81. The Morgan fingerprint density at radius 3 is 2.96 bits per heavy atom. The van der Waals surface area contributed by atoms with E-state index >= 15 is 0 Å². The largest absolute Gasteiger partial charge is 0.497 e. The summed E-state index contributed by atoms with van der Waals surface area (Å²) in [6, 6.07) is 10.0. The summed E-state index contributed by atoms with van der Waals surface area (Å²) in [7, 11) is 1.65. The molecule has 0 radical (unpaired) electrons. The molecule has 3 heterocycles. The molecule has 0 amide bonds. The summed E-state index contributed by atoms with van der Waals surface area (Å²) in [4.78, 5) is 6.43. The van der Waals surface area contributed by atoms with E-state index in [2.05, 4.69) is 20.4 Å². The van der Waals surface area contributed by atoms with Crippen molar-refractivity contribution in [3.63, 3.8) is 0 Å². The van der Waals surface area contributed by atoms with Gasteiger partial charge in [0.1, 0.15) is 11.4 Å². The van der Waals surface area contributed by atoms with Gasteiger partial charge in [0.05, 0.1) is 13.2 Å². The molecule has 1 aliphatic rings. The smallest absolute Gasteiger partial charge is 0.170 e. The van der Waals surface area contributed by atoms with Gasteiger partial charge in [-0.05, 0) is 24.3 Å². The van der Waals surface area contributed by atoms with Gasteiger partial charge in [-0.2, -0.15) is 0 Å². The number of rotatable bonds is 3. The number of nitrogens with zero attached hydrogens (tertiary/aromatic N) is 3. The van der Waals surface area contributed by atoms with Gasteiger partial charge in [0.2, 0.25) is 0 Å². The highest BCUT2D eigenvalue weighted by Gasteiger charge is 2.25.